The Morgan fingerprint density at radius 3 is 2.48 bits per heavy atom. The molecule has 2 N–H and O–H groups in total. The average Bonchev–Trinajstić information content (AvgIpc) is 2.95. The number of halogens is 1. The molecule has 0 bridgehead atoms. The van der Waals surface area contributed by atoms with Gasteiger partial charge in [-0.05, 0) is 37.5 Å². The molecule has 0 heterocycles. The Balaban J connectivity index is 2.44. The van der Waals surface area contributed by atoms with E-state index >= 15 is 0 Å². The van der Waals surface area contributed by atoms with Gasteiger partial charge in [0.1, 0.15) is 5.82 Å². The molecule has 0 spiro atoms. The zero-order valence-electron chi connectivity index (χ0n) is 12.6. The second kappa shape index (κ2) is 6.42. The molecule has 0 amide bonds. The van der Waals surface area contributed by atoms with Crippen LogP contribution in [0.5, 0.6) is 0 Å². The maximum absolute atomic E-state index is 13.9. The van der Waals surface area contributed by atoms with Crippen LogP contribution in [0.15, 0.2) is 17.0 Å². The third-order valence-corrected chi connectivity index (χ3v) is 6.18. The molecule has 1 aliphatic rings. The van der Waals surface area contributed by atoms with Crippen LogP contribution in [0.3, 0.4) is 0 Å². The number of aryl methyl sites for hydroxylation is 1. The van der Waals surface area contributed by atoms with Crippen molar-refractivity contribution in [2.75, 3.05) is 6.54 Å². The topological polar surface area (TPSA) is 63.4 Å². The van der Waals surface area contributed by atoms with Gasteiger partial charge in [-0.15, -0.1) is 0 Å². The van der Waals surface area contributed by atoms with Crippen LogP contribution < -0.4 is 5.73 Å². The van der Waals surface area contributed by atoms with E-state index in [0.29, 0.717) is 12.1 Å². The first-order valence-corrected chi connectivity index (χ1v) is 8.86. The summed E-state index contributed by atoms with van der Waals surface area (Å²) in [5.74, 6) is -0.416. The van der Waals surface area contributed by atoms with Crippen LogP contribution in [0.2, 0.25) is 0 Å². The van der Waals surface area contributed by atoms with Crippen LogP contribution in [0, 0.1) is 12.7 Å². The molecule has 0 aliphatic heterocycles. The molecule has 0 atom stereocenters. The average molecular weight is 314 g/mol. The monoisotopic (exact) mass is 314 g/mol. The minimum atomic E-state index is -3.60. The van der Waals surface area contributed by atoms with Crippen LogP contribution >= 0.6 is 0 Å². The van der Waals surface area contributed by atoms with Gasteiger partial charge in [-0.2, -0.15) is 4.31 Å². The van der Waals surface area contributed by atoms with Gasteiger partial charge in [0.15, 0.2) is 0 Å². The fraction of sp³-hybridized carbons (Fsp3) is 0.600. The lowest BCUT2D eigenvalue weighted by molar-refractivity contribution is 0.335. The Labute approximate surface area is 126 Å². The quantitative estimate of drug-likeness (QED) is 0.908. The maximum atomic E-state index is 13.9. The standard InChI is InChI=1S/C15H23FN2O2S/c1-3-18(13-6-4-5-7-13)21(19,20)14-8-11(2)15(16)12(9-14)10-17/h8-9,13H,3-7,10,17H2,1-2H3. The van der Waals surface area contributed by atoms with Gasteiger partial charge in [-0.25, -0.2) is 12.8 Å². The van der Waals surface area contributed by atoms with E-state index in [4.69, 9.17) is 5.73 Å². The van der Waals surface area contributed by atoms with E-state index in [1.165, 1.54) is 12.1 Å². The highest BCUT2D eigenvalue weighted by Gasteiger charge is 2.32. The van der Waals surface area contributed by atoms with Crippen molar-refractivity contribution in [2.24, 2.45) is 5.73 Å². The molecule has 1 aromatic carbocycles. The first-order chi connectivity index (χ1) is 9.91. The van der Waals surface area contributed by atoms with E-state index in [0.717, 1.165) is 25.7 Å². The van der Waals surface area contributed by atoms with Crippen molar-refractivity contribution < 1.29 is 12.8 Å². The molecule has 21 heavy (non-hydrogen) atoms. The third kappa shape index (κ3) is 3.12. The lowest BCUT2D eigenvalue weighted by Crippen LogP contribution is -2.38. The molecule has 4 nitrogen and oxygen atoms in total. The lowest BCUT2D eigenvalue weighted by Gasteiger charge is -2.27. The van der Waals surface area contributed by atoms with Gasteiger partial charge >= 0.3 is 0 Å². The number of nitrogens with zero attached hydrogens (tertiary/aromatic N) is 1. The number of hydrogen-bond donors (Lipinski definition) is 1. The molecule has 0 radical (unpaired) electrons. The molecule has 2 rings (SSSR count). The van der Waals surface area contributed by atoms with Crippen molar-refractivity contribution in [2.45, 2.75) is 57.0 Å². The second-order valence-corrected chi connectivity index (χ2v) is 7.45. The van der Waals surface area contributed by atoms with Gasteiger partial charge in [0.2, 0.25) is 10.0 Å². The molecular formula is C15H23FN2O2S. The summed E-state index contributed by atoms with van der Waals surface area (Å²) < 4.78 is 41.1. The zero-order chi connectivity index (χ0) is 15.6. The number of hydrogen-bond acceptors (Lipinski definition) is 3. The van der Waals surface area contributed by atoms with E-state index in [2.05, 4.69) is 0 Å². The molecule has 0 unspecified atom stereocenters. The van der Waals surface area contributed by atoms with Gasteiger partial charge in [0.25, 0.3) is 0 Å². The van der Waals surface area contributed by atoms with Gasteiger partial charge in [0, 0.05) is 24.7 Å². The zero-order valence-corrected chi connectivity index (χ0v) is 13.4. The number of rotatable bonds is 5. The Kier molecular flexibility index (Phi) is 5.01. The minimum Gasteiger partial charge on any atom is -0.326 e. The summed E-state index contributed by atoms with van der Waals surface area (Å²) in [4.78, 5) is 0.149. The molecule has 6 heteroatoms. The fourth-order valence-electron chi connectivity index (χ4n) is 3.06. The smallest absolute Gasteiger partial charge is 0.243 e. The van der Waals surface area contributed by atoms with Crippen molar-refractivity contribution in [3.05, 3.63) is 29.1 Å². The van der Waals surface area contributed by atoms with Gasteiger partial charge in [-0.3, -0.25) is 0 Å². The second-order valence-electron chi connectivity index (χ2n) is 5.56. The summed E-state index contributed by atoms with van der Waals surface area (Å²) in [5, 5.41) is 0. The molecule has 0 aromatic heterocycles. The van der Waals surface area contributed by atoms with E-state index < -0.39 is 15.8 Å². The van der Waals surface area contributed by atoms with E-state index in [9.17, 15) is 12.8 Å². The number of nitrogens with two attached hydrogens (primary N) is 1. The van der Waals surface area contributed by atoms with E-state index in [-0.39, 0.29) is 23.0 Å². The summed E-state index contributed by atoms with van der Waals surface area (Å²) in [6, 6.07) is 2.84. The lowest BCUT2D eigenvalue weighted by atomic mass is 10.1. The van der Waals surface area contributed by atoms with Crippen molar-refractivity contribution >= 4 is 10.0 Å². The Morgan fingerprint density at radius 1 is 1.33 bits per heavy atom. The Morgan fingerprint density at radius 2 is 1.95 bits per heavy atom. The van der Waals surface area contributed by atoms with Crippen molar-refractivity contribution in [1.29, 1.82) is 0 Å². The maximum Gasteiger partial charge on any atom is 0.243 e. The molecule has 1 saturated carbocycles. The van der Waals surface area contributed by atoms with Crippen LogP contribution in [0.25, 0.3) is 0 Å². The molecular weight excluding hydrogens is 291 g/mol. The molecule has 1 aromatic rings. The molecule has 118 valence electrons. The highest BCUT2D eigenvalue weighted by molar-refractivity contribution is 7.89. The summed E-state index contributed by atoms with van der Waals surface area (Å²) in [6.45, 7) is 3.84. The van der Waals surface area contributed by atoms with Crippen LogP contribution in [-0.4, -0.2) is 25.3 Å². The van der Waals surface area contributed by atoms with Gasteiger partial charge in [0.05, 0.1) is 4.90 Å². The third-order valence-electron chi connectivity index (χ3n) is 4.17. The van der Waals surface area contributed by atoms with E-state index in [1.54, 1.807) is 11.2 Å². The highest BCUT2D eigenvalue weighted by Crippen LogP contribution is 2.29. The molecule has 0 saturated heterocycles. The predicted octanol–water partition coefficient (Wildman–Crippen LogP) is 2.55. The Hall–Kier alpha value is -0.980. The van der Waals surface area contributed by atoms with Crippen molar-refractivity contribution in [3.8, 4) is 0 Å². The molecule has 1 fully saturated rings. The van der Waals surface area contributed by atoms with Crippen molar-refractivity contribution in [3.63, 3.8) is 0 Å². The Bertz CT molecular complexity index is 610. The number of sulfonamides is 1. The molecule has 1 aliphatic carbocycles. The predicted molar refractivity (Wildman–Crippen MR) is 80.9 cm³/mol. The summed E-state index contributed by atoms with van der Waals surface area (Å²) in [7, 11) is -3.60. The number of benzene rings is 1. The first-order valence-electron chi connectivity index (χ1n) is 7.42. The summed E-state index contributed by atoms with van der Waals surface area (Å²) in [5.41, 5.74) is 6.08. The normalized spacial score (nSPS) is 16.8. The van der Waals surface area contributed by atoms with Crippen LogP contribution in [0.1, 0.15) is 43.7 Å². The van der Waals surface area contributed by atoms with Gasteiger partial charge < -0.3 is 5.73 Å². The highest BCUT2D eigenvalue weighted by atomic mass is 32.2. The van der Waals surface area contributed by atoms with Crippen LogP contribution in [-0.2, 0) is 16.6 Å². The first kappa shape index (κ1) is 16.4. The van der Waals surface area contributed by atoms with Crippen LogP contribution in [0.4, 0.5) is 4.39 Å². The van der Waals surface area contributed by atoms with E-state index in [1.807, 2.05) is 6.92 Å². The SMILES string of the molecule is CCN(C1CCCC1)S(=O)(=O)c1cc(C)c(F)c(CN)c1. The summed E-state index contributed by atoms with van der Waals surface area (Å²) >= 11 is 0. The van der Waals surface area contributed by atoms with Crippen molar-refractivity contribution in [1.82, 2.24) is 4.31 Å². The minimum absolute atomic E-state index is 0.00835. The summed E-state index contributed by atoms with van der Waals surface area (Å²) in [6.07, 6.45) is 3.92. The fourth-order valence-corrected chi connectivity index (χ4v) is 4.89. The largest absolute Gasteiger partial charge is 0.326 e. The van der Waals surface area contributed by atoms with Gasteiger partial charge in [-0.1, -0.05) is 19.8 Å².